The molecule has 1 fully saturated rings. The Hall–Kier alpha value is -1.48. The normalized spacial score (nSPS) is 14.6. The Kier molecular flexibility index (Phi) is 27.6. The van der Waals surface area contributed by atoms with Crippen molar-refractivity contribution in [2.75, 3.05) is 19.6 Å². The summed E-state index contributed by atoms with van der Waals surface area (Å²) in [4.78, 5) is 25.1. The summed E-state index contributed by atoms with van der Waals surface area (Å²) in [6.45, 7) is 23.4. The number of unbranched alkanes of at least 4 members (excludes halogenated alkanes) is 2. The maximum absolute atomic E-state index is 11.8. The van der Waals surface area contributed by atoms with Crippen LogP contribution in [0.4, 0.5) is 0 Å². The second-order valence-corrected chi connectivity index (χ2v) is 11.0. The Bertz CT molecular complexity index is 666. The second kappa shape index (κ2) is 27.1. The largest absolute Gasteiger partial charge is 0.303 e. The van der Waals surface area contributed by atoms with Gasteiger partial charge in [-0.3, -0.25) is 9.59 Å². The average molecular weight is 532 g/mol. The number of carbonyl (C=O) groups excluding carboxylic acids is 2. The summed E-state index contributed by atoms with van der Waals surface area (Å²) < 4.78 is 0. The van der Waals surface area contributed by atoms with Gasteiger partial charge in [0.2, 0.25) is 0 Å². The van der Waals surface area contributed by atoms with Gasteiger partial charge in [0.05, 0.1) is 0 Å². The van der Waals surface area contributed by atoms with Crippen LogP contribution in [-0.2, 0) is 0 Å². The van der Waals surface area contributed by atoms with Crippen molar-refractivity contribution in [1.29, 1.82) is 0 Å². The fourth-order valence-corrected chi connectivity index (χ4v) is 4.43. The summed E-state index contributed by atoms with van der Waals surface area (Å²) in [7, 11) is 0. The zero-order valence-electron chi connectivity index (χ0n) is 27.0. The van der Waals surface area contributed by atoms with Crippen LogP contribution in [0.15, 0.2) is 24.3 Å². The van der Waals surface area contributed by atoms with E-state index >= 15 is 0 Å². The van der Waals surface area contributed by atoms with Crippen molar-refractivity contribution in [3.05, 3.63) is 35.4 Å². The third kappa shape index (κ3) is 19.6. The molecule has 2 unspecified atom stereocenters. The molecule has 1 aromatic rings. The van der Waals surface area contributed by atoms with Gasteiger partial charge in [0.1, 0.15) is 0 Å². The monoisotopic (exact) mass is 532 g/mol. The molecule has 1 saturated carbocycles. The van der Waals surface area contributed by atoms with Gasteiger partial charge in [-0.15, -0.1) is 0 Å². The molecule has 3 heteroatoms. The Morgan fingerprint density at radius 1 is 0.895 bits per heavy atom. The van der Waals surface area contributed by atoms with Crippen molar-refractivity contribution in [2.24, 2.45) is 17.8 Å². The summed E-state index contributed by atoms with van der Waals surface area (Å²) in [5.74, 6) is 1.97. The van der Waals surface area contributed by atoms with E-state index < -0.39 is 0 Å². The van der Waals surface area contributed by atoms with Gasteiger partial charge < -0.3 is 4.90 Å². The molecule has 1 aliphatic rings. The standard InChI is InChI=1S/C14H31N.C12H14O2.C7H14.C2H6/c1-5-8-9-12-15(11-6-2)13-10-14(4)7-3;1-3-9(2)12(14)11-7-5-4-6-10(11)8-13;1-7-5-3-2-4-6-7;1-2/h14H,5-13H2,1-4H3;4-9H,3H2,1-2H3;7H,2-6H2,1H3;1-2H3. The van der Waals surface area contributed by atoms with Crippen LogP contribution >= 0.6 is 0 Å². The number of rotatable bonds is 14. The number of ketones is 1. The predicted octanol–water partition coefficient (Wildman–Crippen LogP) is 10.7. The number of hydrogen-bond acceptors (Lipinski definition) is 3. The highest BCUT2D eigenvalue weighted by Crippen LogP contribution is 2.22. The van der Waals surface area contributed by atoms with Gasteiger partial charge >= 0.3 is 0 Å². The number of nitrogens with zero attached hydrogens (tertiary/aromatic N) is 1. The molecule has 3 nitrogen and oxygen atoms in total. The van der Waals surface area contributed by atoms with Crippen LogP contribution in [0.2, 0.25) is 0 Å². The lowest BCUT2D eigenvalue weighted by atomic mass is 9.91. The summed E-state index contributed by atoms with van der Waals surface area (Å²) in [6.07, 6.45) is 17.1. The topological polar surface area (TPSA) is 37.4 Å². The summed E-state index contributed by atoms with van der Waals surface area (Å²) in [5, 5.41) is 0. The molecule has 0 radical (unpaired) electrons. The van der Waals surface area contributed by atoms with E-state index in [1.54, 1.807) is 24.3 Å². The van der Waals surface area contributed by atoms with Gasteiger partial charge in [-0.05, 0) is 57.2 Å². The number of carbonyl (C=O) groups is 2. The van der Waals surface area contributed by atoms with E-state index in [2.05, 4.69) is 39.5 Å². The maximum atomic E-state index is 11.8. The van der Waals surface area contributed by atoms with Gasteiger partial charge in [0.15, 0.2) is 12.1 Å². The van der Waals surface area contributed by atoms with E-state index in [1.807, 2.05) is 27.7 Å². The van der Waals surface area contributed by atoms with Crippen molar-refractivity contribution in [1.82, 2.24) is 4.90 Å². The molecular weight excluding hydrogens is 466 g/mol. The first-order valence-electron chi connectivity index (χ1n) is 16.1. The van der Waals surface area contributed by atoms with Crippen LogP contribution in [-0.4, -0.2) is 36.6 Å². The number of benzene rings is 1. The van der Waals surface area contributed by atoms with Crippen LogP contribution in [0.1, 0.15) is 160 Å². The Morgan fingerprint density at radius 3 is 2.00 bits per heavy atom. The molecule has 0 heterocycles. The highest BCUT2D eigenvalue weighted by Gasteiger charge is 2.15. The summed E-state index contributed by atoms with van der Waals surface area (Å²) in [5.41, 5.74) is 1.02. The Labute approximate surface area is 238 Å². The lowest BCUT2D eigenvalue weighted by Crippen LogP contribution is -2.28. The molecule has 38 heavy (non-hydrogen) atoms. The molecule has 0 bridgehead atoms. The molecule has 0 amide bonds. The number of aldehydes is 1. The Balaban J connectivity index is 0. The lowest BCUT2D eigenvalue weighted by Gasteiger charge is -2.23. The van der Waals surface area contributed by atoms with Crippen molar-refractivity contribution < 1.29 is 9.59 Å². The van der Waals surface area contributed by atoms with Gasteiger partial charge in [-0.2, -0.15) is 0 Å². The minimum atomic E-state index is -0.0175. The van der Waals surface area contributed by atoms with Crippen molar-refractivity contribution in [3.63, 3.8) is 0 Å². The molecule has 0 saturated heterocycles. The van der Waals surface area contributed by atoms with Gasteiger partial charge in [-0.25, -0.2) is 0 Å². The first-order valence-corrected chi connectivity index (χ1v) is 16.1. The van der Waals surface area contributed by atoms with Crippen LogP contribution < -0.4 is 0 Å². The van der Waals surface area contributed by atoms with Gasteiger partial charge in [0, 0.05) is 17.0 Å². The third-order valence-corrected chi connectivity index (χ3v) is 7.56. The maximum Gasteiger partial charge on any atom is 0.166 e. The average Bonchev–Trinajstić information content (AvgIpc) is 2.97. The van der Waals surface area contributed by atoms with Gasteiger partial charge in [0.25, 0.3) is 0 Å². The van der Waals surface area contributed by atoms with E-state index in [-0.39, 0.29) is 11.7 Å². The first-order chi connectivity index (χ1) is 18.3. The molecule has 0 N–H and O–H groups in total. The van der Waals surface area contributed by atoms with E-state index in [1.165, 1.54) is 90.3 Å². The first kappa shape index (κ1) is 38.7. The van der Waals surface area contributed by atoms with Crippen molar-refractivity contribution in [3.8, 4) is 0 Å². The minimum absolute atomic E-state index is 0.0175. The van der Waals surface area contributed by atoms with Crippen LogP contribution in [0, 0.1) is 17.8 Å². The molecule has 0 spiro atoms. The molecule has 2 rings (SSSR count). The molecule has 1 aliphatic carbocycles. The molecule has 222 valence electrons. The van der Waals surface area contributed by atoms with E-state index in [0.29, 0.717) is 11.1 Å². The van der Waals surface area contributed by atoms with Crippen molar-refractivity contribution >= 4 is 12.1 Å². The lowest BCUT2D eigenvalue weighted by molar-refractivity contribution is 0.0922. The highest BCUT2D eigenvalue weighted by molar-refractivity contribution is 6.03. The molecule has 0 aromatic heterocycles. The zero-order valence-corrected chi connectivity index (χ0v) is 27.0. The molecule has 1 aromatic carbocycles. The fraction of sp³-hybridized carbons (Fsp3) is 0.771. The smallest absolute Gasteiger partial charge is 0.166 e. The minimum Gasteiger partial charge on any atom is -0.303 e. The fourth-order valence-electron chi connectivity index (χ4n) is 4.43. The van der Waals surface area contributed by atoms with Crippen LogP contribution in [0.3, 0.4) is 0 Å². The second-order valence-electron chi connectivity index (χ2n) is 11.0. The quantitative estimate of drug-likeness (QED) is 0.136. The highest BCUT2D eigenvalue weighted by atomic mass is 16.1. The number of Topliss-reactive ketones (excluding diaryl/α,β-unsaturated/α-hetero) is 1. The molecule has 2 atom stereocenters. The number of hydrogen-bond donors (Lipinski definition) is 0. The molecule has 0 aliphatic heterocycles. The third-order valence-electron chi connectivity index (χ3n) is 7.56. The van der Waals surface area contributed by atoms with Crippen LogP contribution in [0.5, 0.6) is 0 Å². The van der Waals surface area contributed by atoms with E-state index in [0.717, 1.165) is 24.5 Å². The zero-order chi connectivity index (χ0) is 29.2. The van der Waals surface area contributed by atoms with Crippen LogP contribution in [0.25, 0.3) is 0 Å². The molecular formula is C35H65NO2. The predicted molar refractivity (Wildman–Crippen MR) is 170 cm³/mol. The van der Waals surface area contributed by atoms with Crippen molar-refractivity contribution in [2.45, 2.75) is 139 Å². The van der Waals surface area contributed by atoms with Gasteiger partial charge in [-0.1, -0.05) is 138 Å². The Morgan fingerprint density at radius 2 is 1.53 bits per heavy atom. The van der Waals surface area contributed by atoms with E-state index in [4.69, 9.17) is 0 Å². The van der Waals surface area contributed by atoms with E-state index in [9.17, 15) is 9.59 Å². The SMILES string of the molecule is CC.CC1CCCCC1.CCC(C)C(=O)c1ccccc1C=O.CCCCCN(CCC)CCC(C)CC. The summed E-state index contributed by atoms with van der Waals surface area (Å²) in [6, 6.07) is 6.92. The summed E-state index contributed by atoms with van der Waals surface area (Å²) >= 11 is 0.